The van der Waals surface area contributed by atoms with Crippen LogP contribution in [0.15, 0.2) is 85.3 Å². The average Bonchev–Trinajstić information content (AvgIpc) is 3.06. The van der Waals surface area contributed by atoms with Gasteiger partial charge in [0.05, 0.1) is 11.3 Å². The number of aryl methyl sites for hydroxylation is 1. The van der Waals surface area contributed by atoms with Crippen LogP contribution in [0.3, 0.4) is 0 Å². The second kappa shape index (κ2) is 13.4. The van der Waals surface area contributed by atoms with E-state index < -0.39 is 5.60 Å². The SMILES string of the molecule is Cc1ccc2c(NC(=O)c3ccccn3)cccc2c1Oc1ncccc1-c1ccnc(N[C@H]2CCCN(C(=O)OC(C)(C)C)C2)n1. The quantitative estimate of drug-likeness (QED) is 0.191. The number of piperidine rings is 1. The number of ether oxygens (including phenoxy) is 2. The van der Waals surface area contributed by atoms with Gasteiger partial charge >= 0.3 is 6.09 Å². The summed E-state index contributed by atoms with van der Waals surface area (Å²) in [6.45, 7) is 8.70. The van der Waals surface area contributed by atoms with Gasteiger partial charge in [-0.2, -0.15) is 0 Å². The largest absolute Gasteiger partial charge is 0.444 e. The van der Waals surface area contributed by atoms with E-state index in [-0.39, 0.29) is 18.0 Å². The number of rotatable bonds is 7. The Morgan fingerprint density at radius 3 is 2.55 bits per heavy atom. The van der Waals surface area contributed by atoms with Gasteiger partial charge in [0.2, 0.25) is 11.8 Å². The van der Waals surface area contributed by atoms with Gasteiger partial charge in [0.15, 0.2) is 0 Å². The van der Waals surface area contributed by atoms with Crippen molar-refractivity contribution in [2.24, 2.45) is 0 Å². The third-order valence-corrected chi connectivity index (χ3v) is 7.66. The molecule has 0 saturated carbocycles. The Balaban J connectivity index is 1.24. The highest BCUT2D eigenvalue weighted by atomic mass is 16.6. The molecule has 1 fully saturated rings. The molecule has 0 spiro atoms. The minimum atomic E-state index is -0.554. The molecule has 240 valence electrons. The lowest BCUT2D eigenvalue weighted by Gasteiger charge is -2.34. The van der Waals surface area contributed by atoms with Crippen molar-refractivity contribution in [2.75, 3.05) is 23.7 Å². The highest BCUT2D eigenvalue weighted by molar-refractivity contribution is 6.09. The van der Waals surface area contributed by atoms with E-state index in [9.17, 15) is 9.59 Å². The first-order valence-corrected chi connectivity index (χ1v) is 15.6. The van der Waals surface area contributed by atoms with E-state index in [4.69, 9.17) is 14.5 Å². The summed E-state index contributed by atoms with van der Waals surface area (Å²) in [5, 5.41) is 8.02. The molecule has 3 aromatic heterocycles. The first-order valence-electron chi connectivity index (χ1n) is 15.6. The number of fused-ring (bicyclic) bond motifs is 1. The molecule has 11 heteroatoms. The number of carbonyl (C=O) groups is 2. The number of hydrogen-bond donors (Lipinski definition) is 2. The van der Waals surface area contributed by atoms with Gasteiger partial charge in [-0.05, 0) is 82.5 Å². The smallest absolute Gasteiger partial charge is 0.410 e. The van der Waals surface area contributed by atoms with Gasteiger partial charge in [0, 0.05) is 54.2 Å². The normalized spacial score (nSPS) is 14.8. The maximum absolute atomic E-state index is 12.9. The maximum Gasteiger partial charge on any atom is 0.410 e. The number of nitrogens with one attached hydrogen (secondary N) is 2. The number of aromatic nitrogens is 4. The summed E-state index contributed by atoms with van der Waals surface area (Å²) in [4.78, 5) is 45.3. The maximum atomic E-state index is 12.9. The Morgan fingerprint density at radius 1 is 0.894 bits per heavy atom. The first-order chi connectivity index (χ1) is 22.6. The number of pyridine rings is 2. The molecule has 2 amide bonds. The van der Waals surface area contributed by atoms with Gasteiger partial charge in [0.1, 0.15) is 17.0 Å². The predicted molar refractivity (Wildman–Crippen MR) is 181 cm³/mol. The second-order valence-corrected chi connectivity index (χ2v) is 12.4. The Bertz CT molecular complexity index is 1910. The minimum absolute atomic E-state index is 0.0261. The van der Waals surface area contributed by atoms with Crippen LogP contribution >= 0.6 is 0 Å². The van der Waals surface area contributed by atoms with Crippen LogP contribution in [0.25, 0.3) is 22.0 Å². The summed E-state index contributed by atoms with van der Waals surface area (Å²) in [7, 11) is 0. The molecule has 6 rings (SSSR count). The van der Waals surface area contributed by atoms with E-state index in [1.165, 1.54) is 0 Å². The van der Waals surface area contributed by atoms with Crippen molar-refractivity contribution in [3.05, 3.63) is 96.6 Å². The molecule has 1 aliphatic rings. The van der Waals surface area contributed by atoms with Crippen LogP contribution in [-0.2, 0) is 4.74 Å². The van der Waals surface area contributed by atoms with Crippen LogP contribution < -0.4 is 15.4 Å². The van der Waals surface area contributed by atoms with Crippen molar-refractivity contribution in [1.82, 2.24) is 24.8 Å². The zero-order valence-electron chi connectivity index (χ0n) is 26.9. The molecule has 2 N–H and O–H groups in total. The summed E-state index contributed by atoms with van der Waals surface area (Å²) >= 11 is 0. The van der Waals surface area contributed by atoms with Crippen LogP contribution in [0, 0.1) is 6.92 Å². The zero-order valence-corrected chi connectivity index (χ0v) is 26.9. The van der Waals surface area contributed by atoms with Crippen LogP contribution in [0.5, 0.6) is 11.6 Å². The number of amides is 2. The van der Waals surface area contributed by atoms with Gasteiger partial charge in [-0.15, -0.1) is 0 Å². The van der Waals surface area contributed by atoms with E-state index in [2.05, 4.69) is 25.6 Å². The van der Waals surface area contributed by atoms with Gasteiger partial charge in [0.25, 0.3) is 5.91 Å². The summed E-state index contributed by atoms with van der Waals surface area (Å²) in [5.74, 6) is 1.15. The number of carbonyl (C=O) groups excluding carboxylic acids is 2. The topological polar surface area (TPSA) is 131 Å². The molecular formula is C36H37N7O4. The van der Waals surface area contributed by atoms with E-state index >= 15 is 0 Å². The number of anilines is 2. The van der Waals surface area contributed by atoms with E-state index in [1.54, 1.807) is 41.7 Å². The van der Waals surface area contributed by atoms with Crippen molar-refractivity contribution in [2.45, 2.75) is 52.2 Å². The highest BCUT2D eigenvalue weighted by Crippen LogP contribution is 2.38. The minimum Gasteiger partial charge on any atom is -0.444 e. The fourth-order valence-electron chi connectivity index (χ4n) is 5.48. The van der Waals surface area contributed by atoms with Crippen LogP contribution in [-0.4, -0.2) is 61.6 Å². The van der Waals surface area contributed by atoms with E-state index in [0.29, 0.717) is 53.3 Å². The molecule has 5 aromatic rings. The summed E-state index contributed by atoms with van der Waals surface area (Å²) in [5.41, 5.74) is 2.64. The van der Waals surface area contributed by atoms with Gasteiger partial charge < -0.3 is 25.0 Å². The van der Waals surface area contributed by atoms with E-state index in [1.807, 2.05) is 76.2 Å². The molecule has 1 aliphatic heterocycles. The van der Waals surface area contributed by atoms with Crippen LogP contribution in [0.1, 0.15) is 49.7 Å². The van der Waals surface area contributed by atoms with Crippen LogP contribution in [0.2, 0.25) is 0 Å². The fraction of sp³-hybridized carbons (Fsp3) is 0.278. The molecule has 0 aliphatic carbocycles. The molecule has 1 saturated heterocycles. The predicted octanol–water partition coefficient (Wildman–Crippen LogP) is 7.25. The number of nitrogens with zero attached hydrogens (tertiary/aromatic N) is 5. The molecule has 47 heavy (non-hydrogen) atoms. The highest BCUT2D eigenvalue weighted by Gasteiger charge is 2.28. The lowest BCUT2D eigenvalue weighted by atomic mass is 10.0. The molecule has 0 unspecified atom stereocenters. The van der Waals surface area contributed by atoms with E-state index in [0.717, 1.165) is 29.2 Å². The van der Waals surface area contributed by atoms with Crippen molar-refractivity contribution >= 4 is 34.4 Å². The molecular weight excluding hydrogens is 594 g/mol. The lowest BCUT2D eigenvalue weighted by molar-refractivity contribution is 0.0206. The lowest BCUT2D eigenvalue weighted by Crippen LogP contribution is -2.47. The third kappa shape index (κ3) is 7.46. The molecule has 4 heterocycles. The third-order valence-electron chi connectivity index (χ3n) is 7.66. The molecule has 11 nitrogen and oxygen atoms in total. The Labute approximate surface area is 273 Å². The molecule has 2 aromatic carbocycles. The Morgan fingerprint density at radius 2 is 1.74 bits per heavy atom. The number of hydrogen-bond acceptors (Lipinski definition) is 9. The van der Waals surface area contributed by atoms with Gasteiger partial charge in [-0.1, -0.05) is 30.3 Å². The van der Waals surface area contributed by atoms with Crippen molar-refractivity contribution in [3.8, 4) is 22.9 Å². The fourth-order valence-corrected chi connectivity index (χ4v) is 5.48. The monoisotopic (exact) mass is 631 g/mol. The number of likely N-dealkylation sites (tertiary alicyclic amines) is 1. The Kier molecular flexibility index (Phi) is 8.97. The summed E-state index contributed by atoms with van der Waals surface area (Å²) in [6.07, 6.45) is 6.35. The molecule has 0 radical (unpaired) electrons. The van der Waals surface area contributed by atoms with Crippen molar-refractivity contribution in [1.29, 1.82) is 0 Å². The van der Waals surface area contributed by atoms with Crippen molar-refractivity contribution < 1.29 is 19.1 Å². The number of benzene rings is 2. The molecule has 0 bridgehead atoms. The van der Waals surface area contributed by atoms with Crippen LogP contribution in [0.4, 0.5) is 16.4 Å². The summed E-state index contributed by atoms with van der Waals surface area (Å²) in [6, 6.07) is 20.3. The standard InChI is InChI=1S/C36H37N7O4/c1-23-15-16-25-26(11-7-14-28(25)41-32(44)30-13-5-6-18-37-30)31(23)46-33-27(12-8-19-38-33)29-17-20-39-34(42-29)40-24-10-9-21-43(22-24)35(45)47-36(2,3)4/h5-8,11-20,24H,9-10,21-22H2,1-4H3,(H,41,44)(H,39,40,42)/t24-/m0/s1. The average molecular weight is 632 g/mol. The van der Waals surface area contributed by atoms with Gasteiger partial charge in [-0.3, -0.25) is 9.78 Å². The summed E-state index contributed by atoms with van der Waals surface area (Å²) < 4.78 is 12.1. The Hall–Kier alpha value is -5.58. The molecule has 1 atom stereocenters. The van der Waals surface area contributed by atoms with Crippen molar-refractivity contribution in [3.63, 3.8) is 0 Å². The van der Waals surface area contributed by atoms with Gasteiger partial charge in [-0.25, -0.2) is 19.7 Å². The second-order valence-electron chi connectivity index (χ2n) is 12.4. The first kappa shape index (κ1) is 31.4. The zero-order chi connectivity index (χ0) is 33.0.